The number of hydrogen-bond acceptors (Lipinski definition) is 1. The summed E-state index contributed by atoms with van der Waals surface area (Å²) in [6, 6.07) is 0. The molecule has 0 unspecified atom stereocenters. The van der Waals surface area contributed by atoms with Crippen LogP contribution in [0.3, 0.4) is 0 Å². The summed E-state index contributed by atoms with van der Waals surface area (Å²) in [5.74, 6) is 0. The van der Waals surface area contributed by atoms with Crippen LogP contribution in [0.25, 0.3) is 5.69 Å². The van der Waals surface area contributed by atoms with Crippen molar-refractivity contribution >= 4 is 0 Å². The van der Waals surface area contributed by atoms with Crippen LogP contribution in [0.1, 0.15) is 44.8 Å². The van der Waals surface area contributed by atoms with Gasteiger partial charge in [0.05, 0.1) is 11.4 Å². The van der Waals surface area contributed by atoms with Crippen LogP contribution in [0.15, 0.2) is 0 Å². The summed E-state index contributed by atoms with van der Waals surface area (Å²) in [5.41, 5.74) is 11.7. The average molecular weight is 256 g/mol. The van der Waals surface area contributed by atoms with Crippen LogP contribution < -0.4 is 0 Å². The third kappa shape index (κ3) is 1.90. The van der Waals surface area contributed by atoms with Gasteiger partial charge in [-0.3, -0.25) is 0 Å². The van der Waals surface area contributed by atoms with Crippen LogP contribution in [-0.4, -0.2) is 9.78 Å². The molecule has 102 valence electrons. The molecule has 2 nitrogen and oxygen atoms in total. The minimum absolute atomic E-state index is 1.12. The predicted molar refractivity (Wildman–Crippen MR) is 81.5 cm³/mol. The lowest BCUT2D eigenvalue weighted by molar-refractivity contribution is 0.815. The average Bonchev–Trinajstić information content (AvgIpc) is 2.62. The van der Waals surface area contributed by atoms with E-state index in [2.05, 4.69) is 60.1 Å². The highest BCUT2D eigenvalue weighted by Crippen LogP contribution is 2.30. The Morgan fingerprint density at radius 2 is 1.00 bits per heavy atom. The maximum Gasteiger partial charge on any atom is 0.0712 e. The zero-order valence-electron chi connectivity index (χ0n) is 13.4. The molecule has 0 atom stereocenters. The molecule has 19 heavy (non-hydrogen) atoms. The van der Waals surface area contributed by atoms with Crippen molar-refractivity contribution in [3.8, 4) is 5.69 Å². The summed E-state index contributed by atoms with van der Waals surface area (Å²) in [4.78, 5) is 0. The van der Waals surface area contributed by atoms with Gasteiger partial charge in [0.25, 0.3) is 0 Å². The third-order valence-electron chi connectivity index (χ3n) is 4.83. The molecule has 0 fully saturated rings. The smallest absolute Gasteiger partial charge is 0.0712 e. The summed E-state index contributed by atoms with van der Waals surface area (Å²) in [5, 5.41) is 4.73. The van der Waals surface area contributed by atoms with Crippen molar-refractivity contribution in [2.24, 2.45) is 0 Å². The van der Waals surface area contributed by atoms with E-state index in [1.54, 1.807) is 0 Å². The lowest BCUT2D eigenvalue weighted by atomic mass is 9.93. The van der Waals surface area contributed by atoms with Crippen LogP contribution in [-0.2, 0) is 0 Å². The molecule has 0 aliphatic rings. The Hall–Kier alpha value is -1.57. The summed E-state index contributed by atoms with van der Waals surface area (Å²) in [6.07, 6.45) is 0. The van der Waals surface area contributed by atoms with Crippen LogP contribution >= 0.6 is 0 Å². The number of aryl methyl sites for hydroxylation is 1. The van der Waals surface area contributed by atoms with Gasteiger partial charge in [-0.05, 0) is 88.8 Å². The number of nitrogens with zero attached hydrogens (tertiary/aromatic N) is 2. The Bertz CT molecular complexity index is 632. The van der Waals surface area contributed by atoms with E-state index in [1.165, 1.54) is 44.8 Å². The molecule has 0 spiro atoms. The molecule has 0 radical (unpaired) electrons. The lowest BCUT2D eigenvalue weighted by Gasteiger charge is -2.19. The molecule has 1 aromatic heterocycles. The van der Waals surface area contributed by atoms with Crippen LogP contribution in [0, 0.1) is 55.4 Å². The Morgan fingerprint density at radius 3 is 1.37 bits per heavy atom. The monoisotopic (exact) mass is 256 g/mol. The third-order valence-corrected chi connectivity index (χ3v) is 4.83. The fourth-order valence-corrected chi connectivity index (χ4v) is 2.74. The van der Waals surface area contributed by atoms with Gasteiger partial charge in [0.15, 0.2) is 0 Å². The van der Waals surface area contributed by atoms with Gasteiger partial charge in [-0.25, -0.2) is 4.68 Å². The largest absolute Gasteiger partial charge is 0.237 e. The molecule has 1 aromatic carbocycles. The molecule has 0 bridgehead atoms. The zero-order chi connectivity index (χ0) is 14.5. The SMILES string of the molecule is Cc1nn(-c2c(C)c(C)c(C)c(C)c2C)c(C)c1C. The van der Waals surface area contributed by atoms with Crippen molar-refractivity contribution in [3.63, 3.8) is 0 Å². The summed E-state index contributed by atoms with van der Waals surface area (Å²) in [7, 11) is 0. The van der Waals surface area contributed by atoms with Gasteiger partial charge in [0.2, 0.25) is 0 Å². The highest BCUT2D eigenvalue weighted by atomic mass is 15.3. The summed E-state index contributed by atoms with van der Waals surface area (Å²) >= 11 is 0. The predicted octanol–water partition coefficient (Wildman–Crippen LogP) is 4.34. The van der Waals surface area contributed by atoms with Crippen molar-refractivity contribution in [1.29, 1.82) is 0 Å². The highest BCUT2D eigenvalue weighted by molar-refractivity contribution is 5.58. The van der Waals surface area contributed by atoms with E-state index in [9.17, 15) is 0 Å². The second-order valence-electron chi connectivity index (χ2n) is 5.68. The maximum absolute atomic E-state index is 4.73. The van der Waals surface area contributed by atoms with Crippen LogP contribution in [0.4, 0.5) is 0 Å². The Morgan fingerprint density at radius 1 is 0.579 bits per heavy atom. The summed E-state index contributed by atoms with van der Waals surface area (Å²) in [6.45, 7) is 17.4. The first-order chi connectivity index (χ1) is 8.77. The Labute approximate surface area is 116 Å². The van der Waals surface area contributed by atoms with Crippen LogP contribution in [0.2, 0.25) is 0 Å². The molecule has 0 amide bonds. The van der Waals surface area contributed by atoms with Gasteiger partial charge in [-0.1, -0.05) is 0 Å². The van der Waals surface area contributed by atoms with Gasteiger partial charge in [0.1, 0.15) is 0 Å². The first-order valence-corrected chi connectivity index (χ1v) is 6.87. The van der Waals surface area contributed by atoms with Gasteiger partial charge < -0.3 is 0 Å². The van der Waals surface area contributed by atoms with Crippen molar-refractivity contribution in [3.05, 3.63) is 44.8 Å². The minimum atomic E-state index is 1.12. The fourth-order valence-electron chi connectivity index (χ4n) is 2.74. The molecule has 0 saturated carbocycles. The Kier molecular flexibility index (Phi) is 3.29. The fraction of sp³-hybridized carbons (Fsp3) is 0.471. The molecular formula is C17H24N2. The van der Waals surface area contributed by atoms with Crippen molar-refractivity contribution in [2.45, 2.75) is 55.4 Å². The van der Waals surface area contributed by atoms with Gasteiger partial charge in [-0.2, -0.15) is 5.10 Å². The molecule has 0 saturated heterocycles. The van der Waals surface area contributed by atoms with Gasteiger partial charge in [0, 0.05) is 5.69 Å². The number of rotatable bonds is 1. The first kappa shape index (κ1) is 13.9. The number of aromatic nitrogens is 2. The topological polar surface area (TPSA) is 17.8 Å². The van der Waals surface area contributed by atoms with E-state index in [0.29, 0.717) is 0 Å². The van der Waals surface area contributed by atoms with E-state index in [0.717, 1.165) is 5.69 Å². The number of benzene rings is 1. The number of hydrogen-bond donors (Lipinski definition) is 0. The summed E-state index contributed by atoms with van der Waals surface area (Å²) < 4.78 is 2.12. The lowest BCUT2D eigenvalue weighted by Crippen LogP contribution is -2.08. The standard InChI is InChI=1S/C17H24N2/c1-9-10(2)12(4)17(13(5)11(9)3)19-16(8)14(6)15(7)18-19/h1-8H3. The van der Waals surface area contributed by atoms with Crippen molar-refractivity contribution < 1.29 is 0 Å². The normalized spacial score (nSPS) is 11.2. The highest BCUT2D eigenvalue weighted by Gasteiger charge is 2.17. The molecule has 0 aliphatic carbocycles. The first-order valence-electron chi connectivity index (χ1n) is 6.87. The molecule has 2 aromatic rings. The van der Waals surface area contributed by atoms with E-state index >= 15 is 0 Å². The van der Waals surface area contributed by atoms with Gasteiger partial charge in [-0.15, -0.1) is 0 Å². The second kappa shape index (κ2) is 4.52. The van der Waals surface area contributed by atoms with Gasteiger partial charge >= 0.3 is 0 Å². The van der Waals surface area contributed by atoms with E-state index in [4.69, 9.17) is 5.10 Å². The Balaban J connectivity index is 2.87. The van der Waals surface area contributed by atoms with Crippen molar-refractivity contribution in [2.75, 3.05) is 0 Å². The van der Waals surface area contributed by atoms with Crippen molar-refractivity contribution in [1.82, 2.24) is 9.78 Å². The molecular weight excluding hydrogens is 232 g/mol. The van der Waals surface area contributed by atoms with Crippen LogP contribution in [0.5, 0.6) is 0 Å². The zero-order valence-corrected chi connectivity index (χ0v) is 13.4. The minimum Gasteiger partial charge on any atom is -0.237 e. The molecule has 2 rings (SSSR count). The molecule has 2 heteroatoms. The molecule has 0 aliphatic heterocycles. The maximum atomic E-state index is 4.73. The quantitative estimate of drug-likeness (QED) is 0.742. The van der Waals surface area contributed by atoms with E-state index in [-0.39, 0.29) is 0 Å². The molecule has 0 N–H and O–H groups in total. The molecule has 1 heterocycles. The van der Waals surface area contributed by atoms with E-state index in [1.807, 2.05) is 0 Å². The second-order valence-corrected chi connectivity index (χ2v) is 5.68. The van der Waals surface area contributed by atoms with E-state index < -0.39 is 0 Å².